The normalized spacial score (nSPS) is 9.22. The van der Waals surface area contributed by atoms with Gasteiger partial charge in [0.05, 0.1) is 0 Å². The van der Waals surface area contributed by atoms with E-state index < -0.39 is 7.57 Å². The molecule has 0 radical (unpaired) electrons. The molecule has 0 bridgehead atoms. The molecule has 0 fully saturated rings. The Kier molecular flexibility index (Phi) is 15.9. The summed E-state index contributed by atoms with van der Waals surface area (Å²) in [6.45, 7) is 1.76. The van der Waals surface area contributed by atoms with E-state index >= 15 is 0 Å². The summed E-state index contributed by atoms with van der Waals surface area (Å²) in [5.41, 5.74) is 0. The second-order valence-electron chi connectivity index (χ2n) is 1.03. The van der Waals surface area contributed by atoms with Crippen molar-refractivity contribution in [3.8, 4) is 0 Å². The van der Waals surface area contributed by atoms with Crippen LogP contribution in [0.4, 0.5) is 0 Å². The minimum absolute atomic E-state index is 0. The van der Waals surface area contributed by atoms with Crippen LogP contribution in [-0.4, -0.2) is 12.9 Å². The van der Waals surface area contributed by atoms with Crippen LogP contribution in [0.1, 0.15) is 9.78 Å². The van der Waals surface area contributed by atoms with Crippen LogP contribution < -0.4 is 68.9 Å². The Bertz CT molecular complexity index is 98.6. The van der Waals surface area contributed by atoms with E-state index in [1.165, 1.54) is 0 Å². The molecule has 0 aliphatic carbocycles. The molecule has 0 heterocycles. The molecule has 0 amide bonds. The molecule has 9 heavy (non-hydrogen) atoms. The van der Waals surface area contributed by atoms with Crippen molar-refractivity contribution >= 4 is 13.9 Å². The Hall–Kier alpha value is 2.18. The second-order valence-corrected chi connectivity index (χ2v) is 2.51. The van der Waals surface area contributed by atoms with E-state index in [0.717, 1.165) is 0 Å². The van der Waals surface area contributed by atoms with Gasteiger partial charge in [0.25, 0.3) is 0 Å². The zero-order chi connectivity index (χ0) is 5.91. The fourth-order valence-corrected chi connectivity index (χ4v) is 0.590. The average Bonchev–Trinajstić information content (AvgIpc) is 1.30. The van der Waals surface area contributed by atoms with Crippen LogP contribution in [0.2, 0.25) is 0 Å². The summed E-state index contributed by atoms with van der Waals surface area (Å²) in [7, 11) is -3.67. The monoisotopic (exact) mass is 170 g/mol. The maximum Gasteiger partial charge on any atom is 1.00 e. The molecular weight excluding hydrogens is 161 g/mol. The molecule has 0 atom stereocenters. The standard InChI is InChI=1S/C3H7O3P.2Na.2H/c1-3-6-7(2,4)5;;;;/h2-3H2,1H3;;;;/q-2;2*+1;2*-1. The molecule has 0 saturated carbocycles. The van der Waals surface area contributed by atoms with Crippen molar-refractivity contribution in [1.29, 1.82) is 0 Å². The van der Waals surface area contributed by atoms with Crippen LogP contribution in [0.25, 0.3) is 0 Å². The smallest absolute Gasteiger partial charge is 1.00 e. The Balaban J connectivity index is -0.0000000300. The fourth-order valence-electron chi connectivity index (χ4n) is 0.197. The fraction of sp³-hybridized carbons (Fsp3) is 0.667. The van der Waals surface area contributed by atoms with Crippen LogP contribution in [0.15, 0.2) is 0 Å². The summed E-state index contributed by atoms with van der Waals surface area (Å²) in [6, 6.07) is 0. The minimum atomic E-state index is -3.67. The van der Waals surface area contributed by atoms with E-state index in [4.69, 9.17) is 0 Å². The van der Waals surface area contributed by atoms with Gasteiger partial charge in [0, 0.05) is 6.61 Å². The molecule has 0 spiro atoms. The van der Waals surface area contributed by atoms with Gasteiger partial charge in [-0.1, -0.05) is 0 Å². The van der Waals surface area contributed by atoms with Crippen molar-refractivity contribution < 1.29 is 76.3 Å². The van der Waals surface area contributed by atoms with Gasteiger partial charge in [-0.2, -0.15) is 7.57 Å². The van der Waals surface area contributed by atoms with Crippen LogP contribution in [0, 0.1) is 0 Å². The molecule has 0 N–H and O–H groups in total. The Morgan fingerprint density at radius 2 is 1.89 bits per heavy atom. The third-order valence-electron chi connectivity index (χ3n) is 0.326. The molecule has 0 aromatic carbocycles. The van der Waals surface area contributed by atoms with Crippen LogP contribution in [0.5, 0.6) is 0 Å². The van der Waals surface area contributed by atoms with Gasteiger partial charge in [-0.05, 0) is 6.92 Å². The van der Waals surface area contributed by atoms with Gasteiger partial charge >= 0.3 is 59.1 Å². The first-order valence-corrected chi connectivity index (χ1v) is 3.59. The molecule has 48 valence electrons. The van der Waals surface area contributed by atoms with Gasteiger partial charge in [-0.25, -0.2) is 0 Å². The summed E-state index contributed by atoms with van der Waals surface area (Å²) in [5.74, 6) is 0. The summed E-state index contributed by atoms with van der Waals surface area (Å²) >= 11 is 0. The van der Waals surface area contributed by atoms with Gasteiger partial charge in [0.1, 0.15) is 0 Å². The summed E-state index contributed by atoms with van der Waals surface area (Å²) < 4.78 is 4.12. The maximum absolute atomic E-state index is 9.93. The minimum Gasteiger partial charge on any atom is -1.00 e. The van der Waals surface area contributed by atoms with Crippen LogP contribution in [-0.2, 0) is 4.52 Å². The van der Waals surface area contributed by atoms with Crippen molar-refractivity contribution in [1.82, 2.24) is 0 Å². The van der Waals surface area contributed by atoms with Crippen molar-refractivity contribution in [2.75, 3.05) is 6.61 Å². The number of rotatable bonds is 2. The Labute approximate surface area is 103 Å². The molecule has 0 aromatic rings. The molecular formula is C3H9Na2O3P-2. The van der Waals surface area contributed by atoms with Crippen LogP contribution >= 0.6 is 7.57 Å². The van der Waals surface area contributed by atoms with Crippen molar-refractivity contribution in [3.05, 3.63) is 0 Å². The van der Waals surface area contributed by atoms with Crippen molar-refractivity contribution in [2.45, 2.75) is 6.92 Å². The summed E-state index contributed by atoms with van der Waals surface area (Å²) in [6.07, 6.45) is 2.74. The van der Waals surface area contributed by atoms with E-state index in [-0.39, 0.29) is 68.6 Å². The van der Waals surface area contributed by atoms with Gasteiger partial charge in [0.15, 0.2) is 0 Å². The van der Waals surface area contributed by atoms with Crippen molar-refractivity contribution in [3.63, 3.8) is 0 Å². The average molecular weight is 170 g/mol. The molecule has 3 nitrogen and oxygen atoms in total. The predicted molar refractivity (Wildman–Crippen MR) is 27.9 cm³/mol. The molecule has 0 rings (SSSR count). The molecule has 0 saturated heterocycles. The van der Waals surface area contributed by atoms with Gasteiger partial charge in [-0.15, -0.1) is 6.30 Å². The third-order valence-corrected chi connectivity index (χ3v) is 0.977. The van der Waals surface area contributed by atoms with E-state index in [1.807, 2.05) is 0 Å². The van der Waals surface area contributed by atoms with Crippen molar-refractivity contribution in [2.24, 2.45) is 0 Å². The van der Waals surface area contributed by atoms with E-state index in [9.17, 15) is 9.79 Å². The molecule has 6 heteroatoms. The second kappa shape index (κ2) is 8.28. The van der Waals surface area contributed by atoms with E-state index in [2.05, 4.69) is 10.8 Å². The van der Waals surface area contributed by atoms with Gasteiger partial charge in [-0.3, -0.25) is 0 Å². The quantitative estimate of drug-likeness (QED) is 0.305. The third kappa shape index (κ3) is 17.8. The largest absolute Gasteiger partial charge is 1.00 e. The SMILES string of the molecule is C=P([O-])([O-])OCC.[H-].[H-].[Na+].[Na+]. The van der Waals surface area contributed by atoms with Gasteiger partial charge in [0.2, 0.25) is 0 Å². The number of hydrogen-bond acceptors (Lipinski definition) is 3. The maximum atomic E-state index is 9.93. The number of hydrogen-bond donors (Lipinski definition) is 0. The van der Waals surface area contributed by atoms with E-state index in [0.29, 0.717) is 0 Å². The molecule has 0 aliphatic rings. The first-order chi connectivity index (χ1) is 3.06. The Morgan fingerprint density at radius 3 is 1.89 bits per heavy atom. The zero-order valence-electron chi connectivity index (χ0n) is 8.09. The first kappa shape index (κ1) is 17.3. The summed E-state index contributed by atoms with van der Waals surface area (Å²) in [4.78, 5) is 19.9. The molecule has 0 aliphatic heterocycles. The zero-order valence-corrected chi connectivity index (χ0v) is 11.0. The molecule has 0 aromatic heterocycles. The predicted octanol–water partition coefficient (Wildman–Crippen LogP) is -6.83. The van der Waals surface area contributed by atoms with Gasteiger partial charge < -0.3 is 17.2 Å². The topological polar surface area (TPSA) is 55.3 Å². The van der Waals surface area contributed by atoms with Crippen LogP contribution in [0.3, 0.4) is 0 Å². The summed E-state index contributed by atoms with van der Waals surface area (Å²) in [5, 5.41) is 0. The molecule has 0 unspecified atom stereocenters. The first-order valence-electron chi connectivity index (χ1n) is 1.86. The Morgan fingerprint density at radius 1 is 1.56 bits per heavy atom. The van der Waals surface area contributed by atoms with E-state index in [1.54, 1.807) is 6.92 Å².